The number of hydrogen-bond acceptors (Lipinski definition) is 5. The second-order valence-electron chi connectivity index (χ2n) is 6.89. The molecule has 1 saturated carbocycles. The first-order chi connectivity index (χ1) is 12.6. The second kappa shape index (κ2) is 6.69. The van der Waals surface area contributed by atoms with Crippen molar-refractivity contribution in [1.29, 1.82) is 5.26 Å². The molecular formula is C19H17BrN4O2. The van der Waals surface area contributed by atoms with Crippen LogP contribution in [0, 0.1) is 16.7 Å². The Morgan fingerprint density at radius 3 is 2.85 bits per heavy atom. The summed E-state index contributed by atoms with van der Waals surface area (Å²) in [6.07, 6.45) is 5.41. The number of hydrogen-bond donors (Lipinski definition) is 1. The highest BCUT2D eigenvalue weighted by atomic mass is 79.9. The van der Waals surface area contributed by atoms with Gasteiger partial charge in [0.15, 0.2) is 0 Å². The zero-order valence-corrected chi connectivity index (χ0v) is 15.7. The summed E-state index contributed by atoms with van der Waals surface area (Å²) in [5, 5.41) is 14.5. The van der Waals surface area contributed by atoms with Gasteiger partial charge < -0.3 is 9.51 Å². The number of pyridine rings is 1. The van der Waals surface area contributed by atoms with Gasteiger partial charge in [-0.25, -0.2) is 0 Å². The predicted molar refractivity (Wildman–Crippen MR) is 100 cm³/mol. The minimum Gasteiger partial charge on any atom is -0.339 e. The molecule has 2 aromatic heterocycles. The SMILES string of the molecule is N#CC1(Cc2nc(-c3cc4cc(Br)ccc4[nH]c3=O)no2)CCCCC1. The average molecular weight is 413 g/mol. The van der Waals surface area contributed by atoms with Gasteiger partial charge in [-0.15, -0.1) is 0 Å². The fourth-order valence-corrected chi connectivity index (χ4v) is 4.00. The third-order valence-corrected chi connectivity index (χ3v) is 5.55. The normalized spacial score (nSPS) is 16.5. The molecule has 1 aliphatic carbocycles. The Kier molecular flexibility index (Phi) is 4.37. The third-order valence-electron chi connectivity index (χ3n) is 5.05. The largest absolute Gasteiger partial charge is 0.339 e. The Morgan fingerprint density at radius 2 is 2.08 bits per heavy atom. The van der Waals surface area contributed by atoms with Crippen LogP contribution in [0.4, 0.5) is 0 Å². The van der Waals surface area contributed by atoms with E-state index in [0.717, 1.165) is 41.1 Å². The molecule has 0 saturated heterocycles. The van der Waals surface area contributed by atoms with E-state index in [1.807, 2.05) is 18.2 Å². The van der Waals surface area contributed by atoms with E-state index in [2.05, 4.69) is 37.1 Å². The molecule has 4 rings (SSSR count). The Labute approximate surface area is 158 Å². The predicted octanol–water partition coefficient (Wildman–Crippen LogP) is 4.36. The van der Waals surface area contributed by atoms with E-state index in [1.165, 1.54) is 6.42 Å². The van der Waals surface area contributed by atoms with Gasteiger partial charge in [0, 0.05) is 21.8 Å². The molecule has 1 aromatic carbocycles. The van der Waals surface area contributed by atoms with Crippen molar-refractivity contribution in [2.24, 2.45) is 5.41 Å². The van der Waals surface area contributed by atoms with E-state index in [4.69, 9.17) is 4.52 Å². The molecule has 2 heterocycles. The summed E-state index contributed by atoms with van der Waals surface area (Å²) < 4.78 is 6.29. The standard InChI is InChI=1S/C19H17BrN4O2/c20-13-4-5-15-12(8-13)9-14(18(25)22-15)17-23-16(26-24-17)10-19(11-21)6-2-1-3-7-19/h4-5,8-9H,1-3,6-7,10H2,(H,22,25). The fraction of sp³-hybridized carbons (Fsp3) is 0.368. The molecule has 132 valence electrons. The monoisotopic (exact) mass is 412 g/mol. The molecule has 0 aliphatic heterocycles. The van der Waals surface area contributed by atoms with Crippen LogP contribution in [-0.4, -0.2) is 15.1 Å². The second-order valence-corrected chi connectivity index (χ2v) is 7.80. The van der Waals surface area contributed by atoms with Crippen molar-refractivity contribution in [3.63, 3.8) is 0 Å². The lowest BCUT2D eigenvalue weighted by Crippen LogP contribution is -2.25. The van der Waals surface area contributed by atoms with Gasteiger partial charge in [-0.05, 0) is 37.1 Å². The number of nitrogens with zero attached hydrogens (tertiary/aromatic N) is 3. The first-order valence-electron chi connectivity index (χ1n) is 8.65. The summed E-state index contributed by atoms with van der Waals surface area (Å²) in [6.45, 7) is 0. The highest BCUT2D eigenvalue weighted by molar-refractivity contribution is 9.10. The molecule has 26 heavy (non-hydrogen) atoms. The van der Waals surface area contributed by atoms with Crippen molar-refractivity contribution in [2.45, 2.75) is 38.5 Å². The number of rotatable bonds is 3. The van der Waals surface area contributed by atoms with Crippen LogP contribution in [0.1, 0.15) is 38.0 Å². The van der Waals surface area contributed by atoms with E-state index in [-0.39, 0.29) is 11.4 Å². The van der Waals surface area contributed by atoms with Crippen molar-refractivity contribution in [3.05, 3.63) is 45.0 Å². The molecule has 1 N–H and O–H groups in total. The lowest BCUT2D eigenvalue weighted by molar-refractivity contribution is 0.236. The van der Waals surface area contributed by atoms with Crippen LogP contribution in [0.3, 0.4) is 0 Å². The molecule has 0 spiro atoms. The smallest absolute Gasteiger partial charge is 0.259 e. The molecular weight excluding hydrogens is 396 g/mol. The lowest BCUT2D eigenvalue weighted by atomic mass is 9.73. The quantitative estimate of drug-likeness (QED) is 0.689. The van der Waals surface area contributed by atoms with Crippen LogP contribution in [-0.2, 0) is 6.42 Å². The van der Waals surface area contributed by atoms with Gasteiger partial charge >= 0.3 is 0 Å². The van der Waals surface area contributed by atoms with Gasteiger partial charge in [-0.2, -0.15) is 10.2 Å². The van der Waals surface area contributed by atoms with Crippen molar-refractivity contribution in [1.82, 2.24) is 15.1 Å². The van der Waals surface area contributed by atoms with Crippen LogP contribution in [0.2, 0.25) is 0 Å². The molecule has 0 amide bonds. The van der Waals surface area contributed by atoms with Crippen molar-refractivity contribution < 1.29 is 4.52 Å². The van der Waals surface area contributed by atoms with E-state index in [9.17, 15) is 10.1 Å². The minimum absolute atomic E-state index is 0.257. The maximum Gasteiger partial charge on any atom is 0.259 e. The maximum absolute atomic E-state index is 12.4. The molecule has 0 unspecified atom stereocenters. The van der Waals surface area contributed by atoms with E-state index < -0.39 is 5.41 Å². The van der Waals surface area contributed by atoms with Crippen LogP contribution >= 0.6 is 15.9 Å². The van der Waals surface area contributed by atoms with Gasteiger partial charge in [-0.1, -0.05) is 40.3 Å². The first-order valence-corrected chi connectivity index (χ1v) is 9.45. The van der Waals surface area contributed by atoms with Crippen molar-refractivity contribution in [3.8, 4) is 17.5 Å². The third kappa shape index (κ3) is 3.17. The number of nitriles is 1. The van der Waals surface area contributed by atoms with E-state index in [0.29, 0.717) is 17.9 Å². The maximum atomic E-state index is 12.4. The topological polar surface area (TPSA) is 95.6 Å². The lowest BCUT2D eigenvalue weighted by Gasteiger charge is -2.28. The van der Waals surface area contributed by atoms with Crippen LogP contribution in [0.15, 0.2) is 38.1 Å². The molecule has 6 nitrogen and oxygen atoms in total. The fourth-order valence-electron chi connectivity index (χ4n) is 3.63. The number of halogens is 1. The number of benzene rings is 1. The zero-order valence-electron chi connectivity index (χ0n) is 14.1. The number of aromatic amines is 1. The minimum atomic E-state index is -0.428. The Balaban J connectivity index is 1.68. The van der Waals surface area contributed by atoms with Gasteiger partial charge in [0.25, 0.3) is 5.56 Å². The van der Waals surface area contributed by atoms with Gasteiger partial charge in [0.05, 0.1) is 17.0 Å². The molecule has 0 bridgehead atoms. The Hall–Kier alpha value is -2.46. The van der Waals surface area contributed by atoms with Crippen LogP contribution in [0.5, 0.6) is 0 Å². The average Bonchev–Trinajstić information content (AvgIpc) is 3.10. The van der Waals surface area contributed by atoms with E-state index in [1.54, 1.807) is 6.07 Å². The van der Waals surface area contributed by atoms with Crippen LogP contribution < -0.4 is 5.56 Å². The summed E-state index contributed by atoms with van der Waals surface area (Å²) in [4.78, 5) is 19.6. The number of H-pyrrole nitrogens is 1. The zero-order chi connectivity index (χ0) is 18.1. The Morgan fingerprint density at radius 1 is 1.27 bits per heavy atom. The number of aromatic nitrogens is 3. The molecule has 0 atom stereocenters. The molecule has 7 heteroatoms. The summed E-state index contributed by atoms with van der Waals surface area (Å²) in [7, 11) is 0. The number of fused-ring (bicyclic) bond motifs is 1. The highest BCUT2D eigenvalue weighted by Gasteiger charge is 2.34. The highest BCUT2D eigenvalue weighted by Crippen LogP contribution is 2.38. The molecule has 1 fully saturated rings. The van der Waals surface area contributed by atoms with Gasteiger partial charge in [0.2, 0.25) is 11.7 Å². The van der Waals surface area contributed by atoms with Gasteiger partial charge in [0.1, 0.15) is 0 Å². The summed E-state index contributed by atoms with van der Waals surface area (Å²) >= 11 is 3.43. The van der Waals surface area contributed by atoms with Gasteiger partial charge in [-0.3, -0.25) is 4.79 Å². The van der Waals surface area contributed by atoms with Crippen molar-refractivity contribution >= 4 is 26.8 Å². The van der Waals surface area contributed by atoms with E-state index >= 15 is 0 Å². The Bertz CT molecular complexity index is 1060. The molecule has 0 radical (unpaired) electrons. The molecule has 3 aromatic rings. The summed E-state index contributed by atoms with van der Waals surface area (Å²) in [6, 6.07) is 9.84. The first kappa shape index (κ1) is 17.0. The summed E-state index contributed by atoms with van der Waals surface area (Å²) in [5.74, 6) is 0.671. The number of nitrogens with one attached hydrogen (secondary N) is 1. The molecule has 1 aliphatic rings. The summed E-state index contributed by atoms with van der Waals surface area (Å²) in [5.41, 5.74) is 0.416. The van der Waals surface area contributed by atoms with Crippen LogP contribution in [0.25, 0.3) is 22.3 Å². The van der Waals surface area contributed by atoms with Crippen molar-refractivity contribution in [2.75, 3.05) is 0 Å².